The molecule has 0 radical (unpaired) electrons. The van der Waals surface area contributed by atoms with E-state index in [1.54, 1.807) is 7.05 Å². The van der Waals surface area contributed by atoms with E-state index in [1.165, 1.54) is 0 Å². The lowest BCUT2D eigenvalue weighted by Gasteiger charge is -2.31. The lowest BCUT2D eigenvalue weighted by atomic mass is 10.1. The van der Waals surface area contributed by atoms with Crippen molar-refractivity contribution in [3.05, 3.63) is 0 Å². The normalized spacial score (nSPS) is 16.5. The van der Waals surface area contributed by atoms with E-state index in [0.717, 1.165) is 0 Å². The molecule has 0 aliphatic heterocycles. The van der Waals surface area contributed by atoms with Gasteiger partial charge >= 0.3 is 5.97 Å². The highest BCUT2D eigenvalue weighted by Gasteiger charge is 2.31. The summed E-state index contributed by atoms with van der Waals surface area (Å²) in [4.78, 5) is 12.0. The molecule has 0 aliphatic carbocycles. The van der Waals surface area contributed by atoms with Gasteiger partial charge in [-0.1, -0.05) is 0 Å². The van der Waals surface area contributed by atoms with Crippen molar-refractivity contribution in [1.29, 1.82) is 0 Å². The van der Waals surface area contributed by atoms with Crippen LogP contribution in [0.2, 0.25) is 0 Å². The van der Waals surface area contributed by atoms with Gasteiger partial charge in [0.05, 0.1) is 11.7 Å². The molecule has 1 N–H and O–H groups in total. The van der Waals surface area contributed by atoms with Gasteiger partial charge in [0.2, 0.25) is 0 Å². The van der Waals surface area contributed by atoms with Crippen LogP contribution in [0, 0.1) is 0 Å². The van der Waals surface area contributed by atoms with E-state index in [9.17, 15) is 4.79 Å². The minimum Gasteiger partial charge on any atom is -0.459 e. The molecular formula is C13H27NO3. The van der Waals surface area contributed by atoms with Gasteiger partial charge in [-0.25, -0.2) is 0 Å². The van der Waals surface area contributed by atoms with E-state index >= 15 is 0 Å². The molecule has 2 unspecified atom stereocenters. The van der Waals surface area contributed by atoms with Crippen LogP contribution in [0.5, 0.6) is 0 Å². The average molecular weight is 245 g/mol. The van der Waals surface area contributed by atoms with Gasteiger partial charge in [0.25, 0.3) is 0 Å². The summed E-state index contributed by atoms with van der Waals surface area (Å²) >= 11 is 0. The van der Waals surface area contributed by atoms with Crippen LogP contribution in [-0.4, -0.2) is 36.4 Å². The summed E-state index contributed by atoms with van der Waals surface area (Å²) in [6.45, 7) is 13.3. The maximum Gasteiger partial charge on any atom is 0.326 e. The van der Waals surface area contributed by atoms with E-state index in [1.807, 2.05) is 48.5 Å². The Hall–Kier alpha value is -0.610. The lowest BCUT2D eigenvalue weighted by Crippen LogP contribution is -2.49. The minimum absolute atomic E-state index is 0.241. The molecule has 0 bridgehead atoms. The van der Waals surface area contributed by atoms with Gasteiger partial charge < -0.3 is 14.8 Å². The molecule has 17 heavy (non-hydrogen) atoms. The van der Waals surface area contributed by atoms with Crippen LogP contribution in [0.3, 0.4) is 0 Å². The van der Waals surface area contributed by atoms with Crippen molar-refractivity contribution in [2.75, 3.05) is 7.05 Å². The van der Waals surface area contributed by atoms with E-state index in [2.05, 4.69) is 5.32 Å². The second-order valence-corrected chi connectivity index (χ2v) is 6.24. The monoisotopic (exact) mass is 245 g/mol. The number of carbonyl (C=O) groups excluding carboxylic acids is 1. The molecule has 4 heteroatoms. The van der Waals surface area contributed by atoms with Crippen LogP contribution in [-0.2, 0) is 14.3 Å². The third kappa shape index (κ3) is 7.34. The first-order valence-corrected chi connectivity index (χ1v) is 6.04. The number of hydrogen-bond acceptors (Lipinski definition) is 4. The smallest absolute Gasteiger partial charge is 0.326 e. The number of esters is 1. The zero-order chi connectivity index (χ0) is 13.9. The Morgan fingerprint density at radius 2 is 1.53 bits per heavy atom. The quantitative estimate of drug-likeness (QED) is 0.771. The Bertz CT molecular complexity index is 250. The van der Waals surface area contributed by atoms with Gasteiger partial charge in [-0.15, -0.1) is 0 Å². The molecule has 4 nitrogen and oxygen atoms in total. The minimum atomic E-state index is -0.479. The second kappa shape index (κ2) is 5.83. The van der Waals surface area contributed by atoms with Gasteiger partial charge in [0.1, 0.15) is 11.6 Å². The van der Waals surface area contributed by atoms with Gasteiger partial charge in [-0.2, -0.15) is 0 Å². The molecule has 0 aromatic heterocycles. The summed E-state index contributed by atoms with van der Waals surface area (Å²) in [6, 6.07) is -0.451. The van der Waals surface area contributed by atoms with Crippen LogP contribution in [0.15, 0.2) is 0 Å². The molecule has 0 fully saturated rings. The van der Waals surface area contributed by atoms with Crippen LogP contribution < -0.4 is 5.32 Å². The largest absolute Gasteiger partial charge is 0.459 e. The zero-order valence-corrected chi connectivity index (χ0v) is 12.4. The van der Waals surface area contributed by atoms with Crippen molar-refractivity contribution < 1.29 is 14.3 Å². The third-order valence-corrected chi connectivity index (χ3v) is 1.98. The van der Waals surface area contributed by atoms with Crippen molar-refractivity contribution in [1.82, 2.24) is 5.32 Å². The van der Waals surface area contributed by atoms with Crippen molar-refractivity contribution in [2.24, 2.45) is 0 Å². The maximum atomic E-state index is 12.0. The fourth-order valence-electron chi connectivity index (χ4n) is 1.54. The van der Waals surface area contributed by atoms with Crippen molar-refractivity contribution >= 4 is 5.97 Å². The predicted molar refractivity (Wildman–Crippen MR) is 69.0 cm³/mol. The number of likely N-dealkylation sites (N-methyl/N-ethyl adjacent to an activating group) is 1. The van der Waals surface area contributed by atoms with Crippen molar-refractivity contribution in [3.63, 3.8) is 0 Å². The summed E-state index contributed by atoms with van der Waals surface area (Å²) in [5, 5.41) is 2.95. The summed E-state index contributed by atoms with van der Waals surface area (Å²) < 4.78 is 11.1. The molecule has 0 amide bonds. The highest BCUT2D eigenvalue weighted by molar-refractivity contribution is 5.76. The molecule has 0 rings (SSSR count). The van der Waals surface area contributed by atoms with Gasteiger partial charge in [-0.3, -0.25) is 4.79 Å². The maximum absolute atomic E-state index is 12.0. The highest BCUT2D eigenvalue weighted by atomic mass is 16.6. The van der Waals surface area contributed by atoms with E-state index in [0.29, 0.717) is 0 Å². The average Bonchev–Trinajstić information content (AvgIpc) is 1.96. The van der Waals surface area contributed by atoms with Gasteiger partial charge in [-0.05, 0) is 55.5 Å². The lowest BCUT2D eigenvalue weighted by molar-refractivity contribution is -0.164. The first-order valence-electron chi connectivity index (χ1n) is 6.04. The Labute approximate surface area is 105 Å². The molecule has 0 saturated carbocycles. The van der Waals surface area contributed by atoms with Crippen molar-refractivity contribution in [2.45, 2.75) is 71.8 Å². The number of carbonyl (C=O) groups is 1. The molecular weight excluding hydrogens is 218 g/mol. The second-order valence-electron chi connectivity index (χ2n) is 6.24. The molecule has 102 valence electrons. The standard InChI is InChI=1S/C13H27NO3/c1-9(16-12(2,3)4)10(14-8)11(15)17-13(5,6)7/h9-10,14H,1-8H3. The number of ether oxygens (including phenoxy) is 2. The molecule has 0 aromatic rings. The van der Waals surface area contributed by atoms with Crippen LogP contribution in [0.25, 0.3) is 0 Å². The highest BCUT2D eigenvalue weighted by Crippen LogP contribution is 2.16. The summed E-state index contributed by atoms with van der Waals surface area (Å²) in [6.07, 6.45) is -0.241. The van der Waals surface area contributed by atoms with Gasteiger partial charge in [0.15, 0.2) is 0 Å². The first kappa shape index (κ1) is 16.4. The zero-order valence-electron chi connectivity index (χ0n) is 12.4. The Morgan fingerprint density at radius 3 is 1.82 bits per heavy atom. The summed E-state index contributed by atoms with van der Waals surface area (Å²) in [7, 11) is 1.73. The number of hydrogen-bond donors (Lipinski definition) is 1. The first-order chi connectivity index (χ1) is 7.46. The Morgan fingerprint density at radius 1 is 1.06 bits per heavy atom. The summed E-state index contributed by atoms with van der Waals surface area (Å²) in [5.41, 5.74) is -0.760. The third-order valence-electron chi connectivity index (χ3n) is 1.98. The molecule has 0 aliphatic rings. The predicted octanol–water partition coefficient (Wildman–Crippen LogP) is 2.12. The number of rotatable bonds is 4. The molecule has 0 saturated heterocycles. The van der Waals surface area contributed by atoms with E-state index in [-0.39, 0.29) is 17.7 Å². The number of nitrogens with one attached hydrogen (secondary N) is 1. The topological polar surface area (TPSA) is 47.6 Å². The van der Waals surface area contributed by atoms with Crippen LogP contribution >= 0.6 is 0 Å². The fourth-order valence-corrected chi connectivity index (χ4v) is 1.54. The fraction of sp³-hybridized carbons (Fsp3) is 0.923. The van der Waals surface area contributed by atoms with Crippen molar-refractivity contribution in [3.8, 4) is 0 Å². The molecule has 0 heterocycles. The SMILES string of the molecule is CNC(C(=O)OC(C)(C)C)C(C)OC(C)(C)C. The van der Waals surface area contributed by atoms with Crippen LogP contribution in [0.1, 0.15) is 48.5 Å². The molecule has 0 aromatic carbocycles. The van der Waals surface area contributed by atoms with Gasteiger partial charge in [0, 0.05) is 0 Å². The Balaban J connectivity index is 4.56. The van der Waals surface area contributed by atoms with Crippen LogP contribution in [0.4, 0.5) is 0 Å². The summed E-state index contributed by atoms with van der Waals surface area (Å²) in [5.74, 6) is -0.281. The molecule has 2 atom stereocenters. The van der Waals surface area contributed by atoms with E-state index < -0.39 is 11.6 Å². The Kier molecular flexibility index (Phi) is 5.62. The van der Waals surface area contributed by atoms with E-state index in [4.69, 9.17) is 9.47 Å². The molecule has 0 spiro atoms.